The number of quaternary nitrogens is 2. The number of carbonyl (C=O) groups is 1. The summed E-state index contributed by atoms with van der Waals surface area (Å²) in [6.45, 7) is 11.7. The molecule has 6 nitrogen and oxygen atoms in total. The van der Waals surface area contributed by atoms with E-state index < -0.39 is 0 Å². The lowest BCUT2D eigenvalue weighted by Gasteiger charge is -2.34. The minimum absolute atomic E-state index is 0.0437. The van der Waals surface area contributed by atoms with E-state index in [-0.39, 0.29) is 6.03 Å². The van der Waals surface area contributed by atoms with E-state index in [9.17, 15) is 4.79 Å². The number of nitrogens with one attached hydrogen (secondary N) is 3. The number of ether oxygens (including phenoxy) is 1. The molecule has 0 aliphatic rings. The van der Waals surface area contributed by atoms with Crippen molar-refractivity contribution in [2.45, 2.75) is 33.1 Å². The van der Waals surface area contributed by atoms with Crippen LogP contribution in [0.4, 0.5) is 4.79 Å². The number of amides is 2. The third-order valence-electron chi connectivity index (χ3n) is 4.04. The van der Waals surface area contributed by atoms with Gasteiger partial charge in [0.25, 0.3) is 0 Å². The molecule has 0 spiro atoms. The van der Waals surface area contributed by atoms with E-state index in [1.165, 1.54) is 11.3 Å². The van der Waals surface area contributed by atoms with Crippen molar-refractivity contribution in [1.29, 1.82) is 0 Å². The number of hydrogen-bond acceptors (Lipinski definition) is 2. The molecule has 2 amide bonds. The lowest BCUT2D eigenvalue weighted by molar-refractivity contribution is -0.910. The second kappa shape index (κ2) is 13.6. The van der Waals surface area contributed by atoms with E-state index in [2.05, 4.69) is 38.7 Å². The highest BCUT2D eigenvalue weighted by Gasteiger charge is 2.19. The van der Waals surface area contributed by atoms with Gasteiger partial charge in [-0.1, -0.05) is 6.92 Å². The van der Waals surface area contributed by atoms with E-state index in [4.69, 9.17) is 4.74 Å². The van der Waals surface area contributed by atoms with Crippen LogP contribution < -0.4 is 15.5 Å². The van der Waals surface area contributed by atoms with Gasteiger partial charge in [-0.15, -0.1) is 0 Å². The summed E-state index contributed by atoms with van der Waals surface area (Å²) in [5.41, 5.74) is 0. The molecule has 0 radical (unpaired) electrons. The Balaban J connectivity index is 3.81. The maximum Gasteiger partial charge on any atom is 0.314 e. The minimum Gasteiger partial charge on any atom is -0.376 e. The fourth-order valence-corrected chi connectivity index (χ4v) is 2.67. The number of rotatable bonds is 14. The number of urea groups is 1. The normalized spacial score (nSPS) is 13.8. The third-order valence-corrected chi connectivity index (χ3v) is 4.04. The maximum absolute atomic E-state index is 11.7. The van der Waals surface area contributed by atoms with Gasteiger partial charge in [0.05, 0.1) is 47.4 Å². The Hall–Kier alpha value is -0.850. The number of carbonyl (C=O) groups excluding carboxylic acids is 1. The second-order valence-corrected chi connectivity index (χ2v) is 6.83. The van der Waals surface area contributed by atoms with Crippen LogP contribution >= 0.6 is 0 Å². The van der Waals surface area contributed by atoms with Crippen molar-refractivity contribution in [3.63, 3.8) is 0 Å². The van der Waals surface area contributed by atoms with Gasteiger partial charge in [-0.05, 0) is 13.3 Å². The fourth-order valence-electron chi connectivity index (χ4n) is 2.67. The van der Waals surface area contributed by atoms with Crippen LogP contribution in [0.15, 0.2) is 0 Å². The summed E-state index contributed by atoms with van der Waals surface area (Å²) >= 11 is 0. The van der Waals surface area contributed by atoms with E-state index in [1.54, 1.807) is 0 Å². The van der Waals surface area contributed by atoms with Gasteiger partial charge in [0, 0.05) is 32.5 Å². The largest absolute Gasteiger partial charge is 0.376 e. The summed E-state index contributed by atoms with van der Waals surface area (Å²) < 4.78 is 6.51. The molecule has 0 saturated carbocycles. The average Bonchev–Trinajstić information content (AvgIpc) is 2.49. The van der Waals surface area contributed by atoms with Gasteiger partial charge in [0.2, 0.25) is 0 Å². The van der Waals surface area contributed by atoms with Gasteiger partial charge in [-0.25, -0.2) is 4.79 Å². The molecule has 0 aromatic heterocycles. The van der Waals surface area contributed by atoms with Crippen LogP contribution in [0.3, 0.4) is 0 Å². The molecule has 0 aromatic rings. The lowest BCUT2D eigenvalue weighted by atomic mass is 10.2. The molecule has 1 unspecified atom stereocenters. The molecule has 3 N–H and O–H groups in total. The van der Waals surface area contributed by atoms with Gasteiger partial charge in [-0.2, -0.15) is 0 Å². The van der Waals surface area contributed by atoms with E-state index >= 15 is 0 Å². The van der Waals surface area contributed by atoms with Crippen molar-refractivity contribution >= 4 is 6.03 Å². The molecular weight excluding hydrogens is 292 g/mol. The molecule has 138 valence electrons. The van der Waals surface area contributed by atoms with Gasteiger partial charge in [0.15, 0.2) is 0 Å². The molecule has 0 rings (SSSR count). The first-order valence-corrected chi connectivity index (χ1v) is 9.15. The molecule has 0 aliphatic carbocycles. The average molecular weight is 333 g/mol. The van der Waals surface area contributed by atoms with E-state index in [1.807, 2.05) is 6.92 Å². The predicted octanol–water partition coefficient (Wildman–Crippen LogP) is 0.103. The monoisotopic (exact) mass is 332 g/mol. The molecule has 23 heavy (non-hydrogen) atoms. The Morgan fingerprint density at radius 3 is 2.26 bits per heavy atom. The molecule has 0 saturated heterocycles. The van der Waals surface area contributed by atoms with Crippen molar-refractivity contribution in [3.05, 3.63) is 0 Å². The fraction of sp³-hybridized carbons (Fsp3) is 0.941. The maximum atomic E-state index is 11.7. The van der Waals surface area contributed by atoms with E-state index in [0.29, 0.717) is 0 Å². The van der Waals surface area contributed by atoms with Gasteiger partial charge < -0.3 is 24.8 Å². The Labute approximate surface area is 143 Å². The lowest BCUT2D eigenvalue weighted by Crippen LogP contribution is -3.05. The zero-order valence-corrected chi connectivity index (χ0v) is 16.0. The zero-order valence-electron chi connectivity index (χ0n) is 16.0. The predicted molar refractivity (Wildman–Crippen MR) is 95.9 cm³/mol. The molecule has 0 heterocycles. The molecule has 0 aromatic carbocycles. The van der Waals surface area contributed by atoms with Crippen molar-refractivity contribution in [3.8, 4) is 0 Å². The summed E-state index contributed by atoms with van der Waals surface area (Å²) in [6.07, 6.45) is 3.18. The SMILES string of the molecule is CCC[N+](C)(CCCNC(=O)NCCC[NH+](C)C)CCOCC. The van der Waals surface area contributed by atoms with Gasteiger partial charge in [-0.3, -0.25) is 0 Å². The van der Waals surface area contributed by atoms with Crippen LogP contribution in [-0.2, 0) is 4.74 Å². The first-order valence-electron chi connectivity index (χ1n) is 9.15. The van der Waals surface area contributed by atoms with Crippen LogP contribution in [0, 0.1) is 0 Å². The van der Waals surface area contributed by atoms with Gasteiger partial charge >= 0.3 is 6.03 Å². The number of likely N-dealkylation sites (N-methyl/N-ethyl adjacent to an activating group) is 1. The molecule has 1 atom stereocenters. The van der Waals surface area contributed by atoms with Crippen LogP contribution in [0.5, 0.6) is 0 Å². The molecule has 0 aliphatic heterocycles. The Kier molecular flexibility index (Phi) is 13.1. The second-order valence-electron chi connectivity index (χ2n) is 6.83. The summed E-state index contributed by atoms with van der Waals surface area (Å²) in [4.78, 5) is 13.1. The Bertz CT molecular complexity index is 300. The van der Waals surface area contributed by atoms with Crippen LogP contribution in [0.2, 0.25) is 0 Å². The van der Waals surface area contributed by atoms with Crippen molar-refractivity contribution < 1.29 is 18.9 Å². The first-order chi connectivity index (χ1) is 10.9. The zero-order chi connectivity index (χ0) is 17.6. The van der Waals surface area contributed by atoms with Gasteiger partial charge in [0.1, 0.15) is 6.54 Å². The van der Waals surface area contributed by atoms with Crippen LogP contribution in [0.25, 0.3) is 0 Å². The van der Waals surface area contributed by atoms with Crippen molar-refractivity contribution in [1.82, 2.24) is 10.6 Å². The molecule has 0 fully saturated rings. The Morgan fingerprint density at radius 1 is 1.04 bits per heavy atom. The summed E-state index contributed by atoms with van der Waals surface area (Å²) in [5.74, 6) is 0. The highest BCUT2D eigenvalue weighted by Crippen LogP contribution is 2.05. The van der Waals surface area contributed by atoms with E-state index in [0.717, 1.165) is 69.8 Å². The smallest absolute Gasteiger partial charge is 0.314 e. The number of nitrogens with zero attached hydrogens (tertiary/aromatic N) is 1. The molecule has 0 bridgehead atoms. The Morgan fingerprint density at radius 2 is 1.70 bits per heavy atom. The third kappa shape index (κ3) is 13.3. The van der Waals surface area contributed by atoms with Crippen LogP contribution in [-0.4, -0.2) is 84.1 Å². The number of hydrogen-bond donors (Lipinski definition) is 3. The van der Waals surface area contributed by atoms with Crippen LogP contribution in [0.1, 0.15) is 33.1 Å². The quantitative estimate of drug-likeness (QED) is 0.312. The highest BCUT2D eigenvalue weighted by molar-refractivity contribution is 5.73. The summed E-state index contributed by atoms with van der Waals surface area (Å²) in [7, 11) is 6.53. The molecular formula is C17H40N4O2+2. The van der Waals surface area contributed by atoms with Crippen molar-refractivity contribution in [2.24, 2.45) is 0 Å². The standard InChI is InChI=1S/C17H38N4O2/c1-6-13-21(5,15-16-23-7-2)14-9-11-19-17(22)18-10-8-12-20(3)4/h6-16H2,1-5H3,(H-,18,19,22)/p+2. The summed E-state index contributed by atoms with van der Waals surface area (Å²) in [5, 5.41) is 5.87. The summed E-state index contributed by atoms with van der Waals surface area (Å²) in [6, 6.07) is -0.0437. The molecule has 6 heteroatoms. The minimum atomic E-state index is -0.0437. The highest BCUT2D eigenvalue weighted by atomic mass is 16.5. The van der Waals surface area contributed by atoms with Crippen molar-refractivity contribution in [2.75, 3.05) is 73.6 Å². The topological polar surface area (TPSA) is 54.8 Å². The first kappa shape index (κ1) is 22.1.